The van der Waals surface area contributed by atoms with Gasteiger partial charge in [0.05, 0.1) is 17.6 Å². The zero-order chi connectivity index (χ0) is 38.4. The van der Waals surface area contributed by atoms with E-state index in [-0.39, 0.29) is 0 Å². The highest BCUT2D eigenvalue weighted by atomic mass is 16.3. The molecule has 5 nitrogen and oxygen atoms in total. The fraction of sp³-hybridized carbons (Fsp3) is 0.0192. The molecule has 1 aromatic heterocycles. The SMILES string of the molecule is C=NC(=NC(=NCc1ccccc1)c1ccccc1)c1cccc(-c2ccc3c(c2)oc2cccc(N(c4ccccc4)c4ccc(-c5ccccc5)cc4)c23)c1. The van der Waals surface area contributed by atoms with Gasteiger partial charge in [-0.3, -0.25) is 4.99 Å². The van der Waals surface area contributed by atoms with Crippen LogP contribution < -0.4 is 4.90 Å². The van der Waals surface area contributed by atoms with Crippen molar-refractivity contribution in [1.82, 2.24) is 0 Å². The van der Waals surface area contributed by atoms with Gasteiger partial charge in [0, 0.05) is 27.9 Å². The molecule has 1 heterocycles. The normalized spacial score (nSPS) is 11.9. The molecule has 0 unspecified atom stereocenters. The first-order valence-corrected chi connectivity index (χ1v) is 19.0. The molecule has 0 saturated carbocycles. The van der Waals surface area contributed by atoms with Crippen LogP contribution in [0.2, 0.25) is 0 Å². The van der Waals surface area contributed by atoms with Crippen LogP contribution in [0.4, 0.5) is 17.1 Å². The summed E-state index contributed by atoms with van der Waals surface area (Å²) in [5, 5.41) is 2.09. The molecule has 5 heteroatoms. The lowest BCUT2D eigenvalue weighted by molar-refractivity contribution is 0.669. The highest BCUT2D eigenvalue weighted by Gasteiger charge is 2.20. The van der Waals surface area contributed by atoms with Crippen molar-refractivity contribution >= 4 is 57.4 Å². The molecule has 57 heavy (non-hydrogen) atoms. The average Bonchev–Trinajstić information content (AvgIpc) is 3.67. The standard InChI is InChI=1S/C52H38N4O/c1-53-51(55-52(40-20-10-4-11-21-40)54-36-37-16-6-2-7-17-37)43-23-14-22-41(34-43)42-30-33-46-49(35-42)57-48-27-15-26-47(50(46)48)56(44-24-12-5-13-25-44)45-31-28-39(29-32-45)38-18-8-3-9-19-38/h2-35H,1,36H2. The van der Waals surface area contributed by atoms with Crippen LogP contribution in [0.1, 0.15) is 16.7 Å². The maximum absolute atomic E-state index is 6.62. The number of para-hydroxylation sites is 1. The Morgan fingerprint density at radius 3 is 1.79 bits per heavy atom. The van der Waals surface area contributed by atoms with Crippen molar-refractivity contribution in [2.24, 2.45) is 15.0 Å². The topological polar surface area (TPSA) is 53.5 Å². The first-order valence-electron chi connectivity index (χ1n) is 19.0. The summed E-state index contributed by atoms with van der Waals surface area (Å²) >= 11 is 0. The van der Waals surface area contributed by atoms with Gasteiger partial charge in [0.2, 0.25) is 0 Å². The lowest BCUT2D eigenvalue weighted by atomic mass is 10.0. The van der Waals surface area contributed by atoms with Crippen molar-refractivity contribution in [3.63, 3.8) is 0 Å². The Labute approximate surface area is 332 Å². The van der Waals surface area contributed by atoms with E-state index in [4.69, 9.17) is 14.4 Å². The molecule has 0 aliphatic carbocycles. The van der Waals surface area contributed by atoms with Crippen LogP contribution in [-0.2, 0) is 6.54 Å². The van der Waals surface area contributed by atoms with Crippen LogP contribution in [0.15, 0.2) is 226 Å². The summed E-state index contributed by atoms with van der Waals surface area (Å²) in [6.45, 7) is 4.40. The molecule has 9 rings (SSSR count). The van der Waals surface area contributed by atoms with Gasteiger partial charge in [-0.15, -0.1) is 0 Å². The van der Waals surface area contributed by atoms with Crippen molar-refractivity contribution in [3.05, 3.63) is 223 Å². The van der Waals surface area contributed by atoms with E-state index in [0.29, 0.717) is 18.2 Å². The van der Waals surface area contributed by atoms with E-state index in [1.807, 2.05) is 78.9 Å². The first kappa shape index (κ1) is 35.1. The summed E-state index contributed by atoms with van der Waals surface area (Å²) in [5.41, 5.74) is 12.1. The predicted molar refractivity (Wildman–Crippen MR) is 238 cm³/mol. The Kier molecular flexibility index (Phi) is 9.85. The molecule has 9 aromatic rings. The molecule has 0 fully saturated rings. The summed E-state index contributed by atoms with van der Waals surface area (Å²) in [7, 11) is 0. The lowest BCUT2D eigenvalue weighted by Crippen LogP contribution is -2.10. The minimum atomic E-state index is 0.500. The molecule has 0 amide bonds. The second-order valence-corrected chi connectivity index (χ2v) is 13.7. The van der Waals surface area contributed by atoms with E-state index in [9.17, 15) is 0 Å². The maximum Gasteiger partial charge on any atom is 0.161 e. The van der Waals surface area contributed by atoms with Gasteiger partial charge in [-0.05, 0) is 89.1 Å². The number of hydrogen-bond acceptors (Lipinski definition) is 3. The summed E-state index contributed by atoms with van der Waals surface area (Å²) < 4.78 is 6.62. The number of anilines is 3. The molecule has 8 aromatic carbocycles. The maximum atomic E-state index is 6.62. The first-order chi connectivity index (χ1) is 28.2. The highest BCUT2D eigenvalue weighted by molar-refractivity contribution is 6.15. The Bertz CT molecular complexity index is 2860. The monoisotopic (exact) mass is 734 g/mol. The molecule has 0 N–H and O–H groups in total. The molecule has 0 bridgehead atoms. The van der Waals surface area contributed by atoms with Crippen molar-refractivity contribution in [2.45, 2.75) is 6.54 Å². The fourth-order valence-corrected chi connectivity index (χ4v) is 7.27. The van der Waals surface area contributed by atoms with Gasteiger partial charge < -0.3 is 9.32 Å². The number of rotatable bonds is 9. The zero-order valence-electron chi connectivity index (χ0n) is 31.2. The Morgan fingerprint density at radius 1 is 0.474 bits per heavy atom. The van der Waals surface area contributed by atoms with Crippen LogP contribution in [0.3, 0.4) is 0 Å². The van der Waals surface area contributed by atoms with Gasteiger partial charge in [0.1, 0.15) is 11.2 Å². The number of hydrogen-bond donors (Lipinski definition) is 0. The van der Waals surface area contributed by atoms with Crippen LogP contribution in [-0.4, -0.2) is 18.4 Å². The average molecular weight is 735 g/mol. The molecular weight excluding hydrogens is 697 g/mol. The number of benzene rings is 8. The fourth-order valence-electron chi connectivity index (χ4n) is 7.27. The van der Waals surface area contributed by atoms with Crippen LogP contribution in [0, 0.1) is 0 Å². The molecule has 0 radical (unpaired) electrons. The van der Waals surface area contributed by atoms with E-state index in [1.54, 1.807) is 0 Å². The van der Waals surface area contributed by atoms with Gasteiger partial charge in [0.25, 0.3) is 0 Å². The largest absolute Gasteiger partial charge is 0.456 e. The summed E-state index contributed by atoms with van der Waals surface area (Å²) in [4.78, 5) is 16.6. The van der Waals surface area contributed by atoms with Gasteiger partial charge in [-0.25, -0.2) is 9.98 Å². The Hall–Kier alpha value is -7.63. The third kappa shape index (κ3) is 7.42. The number of nitrogens with zero attached hydrogens (tertiary/aromatic N) is 4. The van der Waals surface area contributed by atoms with Gasteiger partial charge >= 0.3 is 0 Å². The third-order valence-corrected chi connectivity index (χ3v) is 10.1. The van der Waals surface area contributed by atoms with Gasteiger partial charge in [0.15, 0.2) is 11.7 Å². The summed E-state index contributed by atoms with van der Waals surface area (Å²) in [6, 6.07) is 70.8. The van der Waals surface area contributed by atoms with Crippen LogP contribution >= 0.6 is 0 Å². The summed E-state index contributed by atoms with van der Waals surface area (Å²) in [5.74, 6) is 1.10. The number of aliphatic imine (C=N–C) groups is 3. The molecule has 0 saturated heterocycles. The smallest absolute Gasteiger partial charge is 0.161 e. The van der Waals surface area contributed by atoms with Crippen molar-refractivity contribution < 1.29 is 4.42 Å². The Balaban J connectivity index is 1.08. The van der Waals surface area contributed by atoms with E-state index in [1.165, 1.54) is 11.1 Å². The van der Waals surface area contributed by atoms with E-state index in [2.05, 4.69) is 144 Å². The van der Waals surface area contributed by atoms with Gasteiger partial charge in [-0.2, -0.15) is 0 Å². The summed E-state index contributed by atoms with van der Waals surface area (Å²) in [6.07, 6.45) is 0. The molecule has 0 aliphatic heterocycles. The van der Waals surface area contributed by atoms with Crippen LogP contribution in [0.25, 0.3) is 44.2 Å². The molecule has 0 atom stereocenters. The molecule has 0 spiro atoms. The third-order valence-electron chi connectivity index (χ3n) is 10.1. The minimum Gasteiger partial charge on any atom is -0.456 e. The van der Waals surface area contributed by atoms with E-state index in [0.717, 1.165) is 66.8 Å². The van der Waals surface area contributed by atoms with Gasteiger partial charge in [-0.1, -0.05) is 152 Å². The van der Waals surface area contributed by atoms with Crippen molar-refractivity contribution in [2.75, 3.05) is 4.90 Å². The molecule has 0 aliphatic rings. The Morgan fingerprint density at radius 2 is 1.05 bits per heavy atom. The predicted octanol–water partition coefficient (Wildman–Crippen LogP) is 13.5. The highest BCUT2D eigenvalue weighted by Crippen LogP contribution is 2.43. The zero-order valence-corrected chi connectivity index (χ0v) is 31.2. The van der Waals surface area contributed by atoms with Crippen molar-refractivity contribution in [3.8, 4) is 22.3 Å². The van der Waals surface area contributed by atoms with E-state index < -0.39 is 0 Å². The van der Waals surface area contributed by atoms with Crippen LogP contribution in [0.5, 0.6) is 0 Å². The lowest BCUT2D eigenvalue weighted by Gasteiger charge is -2.26. The second-order valence-electron chi connectivity index (χ2n) is 13.7. The quantitative estimate of drug-likeness (QED) is 0.109. The molecular formula is C52H38N4O. The number of fused-ring (bicyclic) bond motifs is 3. The van der Waals surface area contributed by atoms with E-state index >= 15 is 0 Å². The minimum absolute atomic E-state index is 0.500. The van der Waals surface area contributed by atoms with Crippen molar-refractivity contribution in [1.29, 1.82) is 0 Å². The second kappa shape index (κ2) is 16.0. The molecule has 272 valence electrons. The number of furan rings is 1. The number of amidine groups is 2.